The average Bonchev–Trinajstić information content (AvgIpc) is 2.75. The second kappa shape index (κ2) is 5.87. The number of hydrogen-bond donors (Lipinski definition) is 2. The lowest BCUT2D eigenvalue weighted by atomic mass is 9.97. The summed E-state index contributed by atoms with van der Waals surface area (Å²) in [5.74, 6) is -0.296. The number of benzene rings is 1. The van der Waals surface area contributed by atoms with Crippen LogP contribution in [0.3, 0.4) is 0 Å². The quantitative estimate of drug-likeness (QED) is 0.875. The van der Waals surface area contributed by atoms with Crippen molar-refractivity contribution in [2.75, 3.05) is 5.32 Å². The SMILES string of the molecule is CC1CCCC1C(=O)Nc1cccc(CC(=O)O)c1. The van der Waals surface area contributed by atoms with E-state index in [1.165, 1.54) is 0 Å². The van der Waals surface area contributed by atoms with Crippen LogP contribution in [0.4, 0.5) is 5.69 Å². The molecule has 19 heavy (non-hydrogen) atoms. The Morgan fingerprint density at radius 2 is 2.16 bits per heavy atom. The second-order valence-corrected chi connectivity index (χ2v) is 5.27. The van der Waals surface area contributed by atoms with Gasteiger partial charge in [-0.25, -0.2) is 0 Å². The molecule has 0 bridgehead atoms. The topological polar surface area (TPSA) is 66.4 Å². The number of nitrogens with one attached hydrogen (secondary N) is 1. The molecule has 0 aromatic heterocycles. The number of amides is 1. The maximum absolute atomic E-state index is 12.1. The molecule has 1 aliphatic carbocycles. The first-order chi connectivity index (χ1) is 9.06. The predicted octanol–water partition coefficient (Wildman–Crippen LogP) is 2.69. The molecule has 0 radical (unpaired) electrons. The van der Waals surface area contributed by atoms with E-state index in [1.807, 2.05) is 0 Å². The fourth-order valence-corrected chi connectivity index (χ4v) is 2.70. The summed E-state index contributed by atoms with van der Waals surface area (Å²) >= 11 is 0. The van der Waals surface area contributed by atoms with Crippen molar-refractivity contribution in [1.29, 1.82) is 0 Å². The van der Waals surface area contributed by atoms with Crippen LogP contribution in [0.2, 0.25) is 0 Å². The summed E-state index contributed by atoms with van der Waals surface area (Å²) < 4.78 is 0. The summed E-state index contributed by atoms with van der Waals surface area (Å²) in [5, 5.41) is 11.7. The van der Waals surface area contributed by atoms with Gasteiger partial charge in [-0.2, -0.15) is 0 Å². The minimum Gasteiger partial charge on any atom is -0.481 e. The van der Waals surface area contributed by atoms with Gasteiger partial charge >= 0.3 is 5.97 Å². The Bertz CT molecular complexity index is 484. The van der Waals surface area contributed by atoms with Crippen LogP contribution in [0.5, 0.6) is 0 Å². The van der Waals surface area contributed by atoms with Crippen molar-refractivity contribution < 1.29 is 14.7 Å². The van der Waals surface area contributed by atoms with E-state index < -0.39 is 5.97 Å². The van der Waals surface area contributed by atoms with Crippen LogP contribution in [0.1, 0.15) is 31.7 Å². The zero-order chi connectivity index (χ0) is 13.8. The van der Waals surface area contributed by atoms with Gasteiger partial charge in [-0.05, 0) is 36.5 Å². The van der Waals surface area contributed by atoms with Gasteiger partial charge in [-0.3, -0.25) is 9.59 Å². The first-order valence-electron chi connectivity index (χ1n) is 6.68. The van der Waals surface area contributed by atoms with Gasteiger partial charge in [-0.1, -0.05) is 25.5 Å². The summed E-state index contributed by atoms with van der Waals surface area (Å²) in [5.41, 5.74) is 1.38. The van der Waals surface area contributed by atoms with E-state index in [1.54, 1.807) is 24.3 Å². The minimum absolute atomic E-state index is 0.0243. The summed E-state index contributed by atoms with van der Waals surface area (Å²) in [6.45, 7) is 2.11. The zero-order valence-corrected chi connectivity index (χ0v) is 11.1. The third-order valence-electron chi connectivity index (χ3n) is 3.75. The number of aliphatic carboxylic acids is 1. The third-order valence-corrected chi connectivity index (χ3v) is 3.75. The lowest BCUT2D eigenvalue weighted by Gasteiger charge is -2.15. The maximum atomic E-state index is 12.1. The highest BCUT2D eigenvalue weighted by Crippen LogP contribution is 2.32. The Labute approximate surface area is 112 Å². The molecule has 1 aromatic rings. The molecule has 0 heterocycles. The Balaban J connectivity index is 2.02. The molecule has 0 aliphatic heterocycles. The number of carboxylic acid groups (broad SMARTS) is 1. The van der Waals surface area contributed by atoms with Crippen LogP contribution in [0, 0.1) is 11.8 Å². The number of carbonyl (C=O) groups is 2. The van der Waals surface area contributed by atoms with E-state index in [2.05, 4.69) is 12.2 Å². The molecule has 1 fully saturated rings. The van der Waals surface area contributed by atoms with Crippen LogP contribution in [-0.2, 0) is 16.0 Å². The Morgan fingerprint density at radius 3 is 2.79 bits per heavy atom. The monoisotopic (exact) mass is 261 g/mol. The highest BCUT2D eigenvalue weighted by Gasteiger charge is 2.29. The van der Waals surface area contributed by atoms with Gasteiger partial charge in [0.1, 0.15) is 0 Å². The van der Waals surface area contributed by atoms with Crippen molar-refractivity contribution in [1.82, 2.24) is 0 Å². The van der Waals surface area contributed by atoms with Gasteiger partial charge in [-0.15, -0.1) is 0 Å². The van der Waals surface area contributed by atoms with Crippen LogP contribution in [0.25, 0.3) is 0 Å². The molecule has 1 amide bonds. The fraction of sp³-hybridized carbons (Fsp3) is 0.467. The highest BCUT2D eigenvalue weighted by atomic mass is 16.4. The van der Waals surface area contributed by atoms with Crippen molar-refractivity contribution in [3.05, 3.63) is 29.8 Å². The minimum atomic E-state index is -0.868. The average molecular weight is 261 g/mol. The van der Waals surface area contributed by atoms with E-state index in [9.17, 15) is 9.59 Å². The van der Waals surface area contributed by atoms with E-state index in [0.29, 0.717) is 17.2 Å². The van der Waals surface area contributed by atoms with Crippen molar-refractivity contribution in [3.63, 3.8) is 0 Å². The smallest absolute Gasteiger partial charge is 0.307 e. The van der Waals surface area contributed by atoms with Gasteiger partial charge in [0.15, 0.2) is 0 Å². The standard InChI is InChI=1S/C15H19NO3/c1-10-4-2-7-13(10)15(19)16-12-6-3-5-11(8-12)9-14(17)18/h3,5-6,8,10,13H,2,4,7,9H2,1H3,(H,16,19)(H,17,18). The molecule has 1 aromatic carbocycles. The van der Waals surface area contributed by atoms with E-state index in [0.717, 1.165) is 19.3 Å². The van der Waals surface area contributed by atoms with E-state index in [4.69, 9.17) is 5.11 Å². The van der Waals surface area contributed by atoms with Gasteiger partial charge in [0.05, 0.1) is 6.42 Å². The number of carboxylic acids is 1. The molecule has 2 atom stereocenters. The first-order valence-corrected chi connectivity index (χ1v) is 6.68. The molecule has 1 aliphatic rings. The van der Waals surface area contributed by atoms with Crippen molar-refractivity contribution in [2.24, 2.45) is 11.8 Å². The Hall–Kier alpha value is -1.84. The van der Waals surface area contributed by atoms with Crippen LogP contribution < -0.4 is 5.32 Å². The first kappa shape index (κ1) is 13.6. The zero-order valence-electron chi connectivity index (χ0n) is 11.1. The molecule has 0 saturated heterocycles. The summed E-state index contributed by atoms with van der Waals surface area (Å²) in [6.07, 6.45) is 3.14. The number of anilines is 1. The molecular formula is C15H19NO3. The number of rotatable bonds is 4. The summed E-state index contributed by atoms with van der Waals surface area (Å²) in [6, 6.07) is 7.04. The molecule has 0 spiro atoms. The third kappa shape index (κ3) is 3.56. The van der Waals surface area contributed by atoms with Crippen LogP contribution >= 0.6 is 0 Å². The Kier molecular flexibility index (Phi) is 4.20. The number of hydrogen-bond acceptors (Lipinski definition) is 2. The number of carbonyl (C=O) groups excluding carboxylic acids is 1. The molecule has 4 heteroatoms. The molecule has 102 valence electrons. The second-order valence-electron chi connectivity index (χ2n) is 5.27. The summed E-state index contributed by atoms with van der Waals surface area (Å²) in [7, 11) is 0. The highest BCUT2D eigenvalue weighted by molar-refractivity contribution is 5.93. The predicted molar refractivity (Wildman–Crippen MR) is 72.9 cm³/mol. The molecule has 2 N–H and O–H groups in total. The van der Waals surface area contributed by atoms with Gasteiger partial charge in [0.2, 0.25) is 5.91 Å². The lowest BCUT2D eigenvalue weighted by Crippen LogP contribution is -2.24. The normalized spacial score (nSPS) is 22.2. The molecule has 2 unspecified atom stereocenters. The Morgan fingerprint density at radius 1 is 1.37 bits per heavy atom. The molecular weight excluding hydrogens is 242 g/mol. The molecule has 2 rings (SSSR count). The van der Waals surface area contributed by atoms with Crippen LogP contribution in [0.15, 0.2) is 24.3 Å². The molecule has 1 saturated carbocycles. The summed E-state index contributed by atoms with van der Waals surface area (Å²) in [4.78, 5) is 22.8. The fourth-order valence-electron chi connectivity index (χ4n) is 2.70. The maximum Gasteiger partial charge on any atom is 0.307 e. The van der Waals surface area contributed by atoms with Gasteiger partial charge < -0.3 is 10.4 Å². The largest absolute Gasteiger partial charge is 0.481 e. The van der Waals surface area contributed by atoms with Crippen LogP contribution in [-0.4, -0.2) is 17.0 Å². The van der Waals surface area contributed by atoms with Crippen molar-refractivity contribution in [3.8, 4) is 0 Å². The van der Waals surface area contributed by atoms with E-state index in [-0.39, 0.29) is 18.2 Å². The van der Waals surface area contributed by atoms with Crippen molar-refractivity contribution in [2.45, 2.75) is 32.6 Å². The van der Waals surface area contributed by atoms with Crippen molar-refractivity contribution >= 4 is 17.6 Å². The lowest BCUT2D eigenvalue weighted by molar-refractivity contribution is -0.136. The van der Waals surface area contributed by atoms with Gasteiger partial charge in [0.25, 0.3) is 0 Å². The van der Waals surface area contributed by atoms with E-state index >= 15 is 0 Å². The molecule has 4 nitrogen and oxygen atoms in total. The van der Waals surface area contributed by atoms with Gasteiger partial charge in [0, 0.05) is 11.6 Å².